The molecule has 4 heteroatoms. The third-order valence-electron chi connectivity index (χ3n) is 3.20. The molecule has 0 saturated carbocycles. The van der Waals surface area contributed by atoms with E-state index in [1.165, 1.54) is 0 Å². The van der Waals surface area contributed by atoms with E-state index in [-0.39, 0.29) is 4.75 Å². The van der Waals surface area contributed by atoms with E-state index < -0.39 is 9.84 Å². The van der Waals surface area contributed by atoms with Gasteiger partial charge in [0, 0.05) is 19.1 Å². The largest absolute Gasteiger partial charge is 0.298 e. The zero-order valence-electron chi connectivity index (χ0n) is 7.58. The third-order valence-corrected chi connectivity index (χ3v) is 5.72. The van der Waals surface area contributed by atoms with Gasteiger partial charge in [0.05, 0.1) is 10.5 Å². The lowest BCUT2D eigenvalue weighted by molar-refractivity contribution is 0.0737. The molecule has 2 aliphatic rings. The summed E-state index contributed by atoms with van der Waals surface area (Å²) in [5, 5.41) is 0. The lowest BCUT2D eigenvalue weighted by Crippen LogP contribution is -2.72. The molecular weight excluding hydrogens is 174 g/mol. The zero-order chi connectivity index (χ0) is 8.98. The summed E-state index contributed by atoms with van der Waals surface area (Å²) in [5.41, 5.74) is 0. The average Bonchev–Trinajstić information content (AvgIpc) is 1.81. The van der Waals surface area contributed by atoms with Crippen molar-refractivity contribution in [2.75, 3.05) is 18.8 Å². The molecule has 2 heterocycles. The normalized spacial score (nSPS) is 31.6. The number of hydrogen-bond acceptors (Lipinski definition) is 3. The first-order valence-corrected chi connectivity index (χ1v) is 6.08. The summed E-state index contributed by atoms with van der Waals surface area (Å²) in [6.45, 7) is 5.76. The second kappa shape index (κ2) is 2.23. The van der Waals surface area contributed by atoms with E-state index in [0.717, 1.165) is 19.5 Å². The molecule has 1 spiro atoms. The molecule has 0 aromatic carbocycles. The fourth-order valence-electron chi connectivity index (χ4n) is 1.97. The summed E-state index contributed by atoms with van der Waals surface area (Å²) in [4.78, 5) is 2.22. The molecule has 2 rings (SSSR count). The molecular formula is C8H15NO2S. The zero-order valence-corrected chi connectivity index (χ0v) is 8.39. The van der Waals surface area contributed by atoms with Crippen LogP contribution in [0.2, 0.25) is 0 Å². The third kappa shape index (κ3) is 0.879. The van der Waals surface area contributed by atoms with Crippen LogP contribution in [-0.2, 0) is 9.84 Å². The topological polar surface area (TPSA) is 37.4 Å². The molecule has 0 N–H and O–H groups in total. The minimum absolute atomic E-state index is 0.308. The van der Waals surface area contributed by atoms with E-state index in [4.69, 9.17) is 0 Å². The summed E-state index contributed by atoms with van der Waals surface area (Å²) in [7, 11) is -2.69. The first kappa shape index (κ1) is 8.51. The maximum absolute atomic E-state index is 11.4. The van der Waals surface area contributed by atoms with Gasteiger partial charge in [0.1, 0.15) is 0 Å². The minimum atomic E-state index is -2.69. The second-order valence-electron chi connectivity index (χ2n) is 4.25. The molecule has 2 fully saturated rings. The van der Waals surface area contributed by atoms with Crippen LogP contribution in [0.4, 0.5) is 0 Å². The molecule has 0 amide bonds. The highest BCUT2D eigenvalue weighted by atomic mass is 32.2. The Morgan fingerprint density at radius 2 is 1.92 bits per heavy atom. The highest BCUT2D eigenvalue weighted by Gasteiger charge is 2.59. The van der Waals surface area contributed by atoms with Crippen molar-refractivity contribution in [1.29, 1.82) is 0 Å². The van der Waals surface area contributed by atoms with E-state index >= 15 is 0 Å². The number of rotatable bonds is 1. The summed E-state index contributed by atoms with van der Waals surface area (Å²) in [5.74, 6) is 0.416. The van der Waals surface area contributed by atoms with E-state index in [1.807, 2.05) is 0 Å². The molecule has 0 atom stereocenters. The van der Waals surface area contributed by atoms with Gasteiger partial charge < -0.3 is 0 Å². The molecule has 2 aliphatic heterocycles. The van der Waals surface area contributed by atoms with Crippen molar-refractivity contribution in [3.05, 3.63) is 0 Å². The van der Waals surface area contributed by atoms with E-state index in [0.29, 0.717) is 11.8 Å². The Labute approximate surface area is 73.7 Å². The van der Waals surface area contributed by atoms with E-state index in [2.05, 4.69) is 18.7 Å². The smallest absolute Gasteiger partial charge is 0.158 e. The van der Waals surface area contributed by atoms with Crippen LogP contribution in [0, 0.1) is 0 Å². The van der Waals surface area contributed by atoms with Gasteiger partial charge in [-0.25, -0.2) is 8.42 Å². The van der Waals surface area contributed by atoms with Gasteiger partial charge in [-0.1, -0.05) is 0 Å². The molecule has 0 aromatic rings. The van der Waals surface area contributed by atoms with Gasteiger partial charge in [-0.3, -0.25) is 4.90 Å². The summed E-state index contributed by atoms with van der Waals surface area (Å²) >= 11 is 0. The van der Waals surface area contributed by atoms with Crippen molar-refractivity contribution in [1.82, 2.24) is 4.90 Å². The van der Waals surface area contributed by atoms with Crippen LogP contribution >= 0.6 is 0 Å². The van der Waals surface area contributed by atoms with Crippen LogP contribution in [-0.4, -0.2) is 42.9 Å². The number of nitrogens with zero attached hydrogens (tertiary/aromatic N) is 1. The summed E-state index contributed by atoms with van der Waals surface area (Å²) in [6, 6.07) is 0.492. The van der Waals surface area contributed by atoms with Crippen molar-refractivity contribution in [3.63, 3.8) is 0 Å². The highest BCUT2D eigenvalue weighted by Crippen LogP contribution is 2.42. The van der Waals surface area contributed by atoms with Gasteiger partial charge in [-0.15, -0.1) is 0 Å². The Bertz CT molecular complexity index is 288. The van der Waals surface area contributed by atoms with Crippen molar-refractivity contribution in [3.8, 4) is 0 Å². The quantitative estimate of drug-likeness (QED) is 0.594. The molecule has 70 valence electrons. The van der Waals surface area contributed by atoms with Crippen LogP contribution in [0.3, 0.4) is 0 Å². The number of likely N-dealkylation sites (tertiary alicyclic amines) is 1. The van der Waals surface area contributed by atoms with Crippen molar-refractivity contribution >= 4 is 9.84 Å². The number of sulfone groups is 1. The minimum Gasteiger partial charge on any atom is -0.298 e. The maximum Gasteiger partial charge on any atom is 0.158 e. The lowest BCUT2D eigenvalue weighted by atomic mass is 9.93. The molecule has 0 bridgehead atoms. The molecule has 12 heavy (non-hydrogen) atoms. The van der Waals surface area contributed by atoms with E-state index in [9.17, 15) is 8.42 Å². The Balaban J connectivity index is 2.05. The molecule has 0 aliphatic carbocycles. The predicted molar refractivity (Wildman–Crippen MR) is 47.8 cm³/mol. The van der Waals surface area contributed by atoms with Crippen LogP contribution in [0.25, 0.3) is 0 Å². The van der Waals surface area contributed by atoms with Crippen LogP contribution in [0.1, 0.15) is 20.3 Å². The fourth-order valence-corrected chi connectivity index (χ4v) is 3.81. The van der Waals surface area contributed by atoms with Gasteiger partial charge in [0.25, 0.3) is 0 Å². The average molecular weight is 189 g/mol. The van der Waals surface area contributed by atoms with Gasteiger partial charge in [-0.2, -0.15) is 0 Å². The van der Waals surface area contributed by atoms with Gasteiger partial charge >= 0.3 is 0 Å². The highest BCUT2D eigenvalue weighted by molar-refractivity contribution is 7.94. The molecule has 0 radical (unpaired) electrons. The first-order chi connectivity index (χ1) is 5.47. The van der Waals surface area contributed by atoms with Gasteiger partial charge in [-0.05, 0) is 20.3 Å². The van der Waals surface area contributed by atoms with Crippen molar-refractivity contribution in [2.45, 2.75) is 31.1 Å². The maximum atomic E-state index is 11.4. The van der Waals surface area contributed by atoms with Crippen LogP contribution < -0.4 is 0 Å². The fraction of sp³-hybridized carbons (Fsp3) is 1.00. The summed E-state index contributed by atoms with van der Waals surface area (Å²) < 4.78 is 22.4. The molecule has 3 nitrogen and oxygen atoms in total. The van der Waals surface area contributed by atoms with Gasteiger partial charge in [0.2, 0.25) is 0 Å². The Kier molecular flexibility index (Phi) is 1.58. The number of hydrogen-bond donors (Lipinski definition) is 0. The standard InChI is InChI=1S/C8H15NO2S/c1-7(2)9-5-8(6-9)3-4-12(8,10)11/h7H,3-6H2,1-2H3. The molecule has 0 aromatic heterocycles. The predicted octanol–water partition coefficient (Wildman–Crippen LogP) is 0.268. The van der Waals surface area contributed by atoms with Crippen LogP contribution in [0.5, 0.6) is 0 Å². The summed E-state index contributed by atoms with van der Waals surface area (Å²) in [6.07, 6.45) is 0.887. The molecule has 2 saturated heterocycles. The monoisotopic (exact) mass is 189 g/mol. The Hall–Kier alpha value is -0.0900. The van der Waals surface area contributed by atoms with E-state index in [1.54, 1.807) is 0 Å². The second-order valence-corrected chi connectivity index (χ2v) is 6.75. The lowest BCUT2D eigenvalue weighted by Gasteiger charge is -2.55. The Morgan fingerprint density at radius 1 is 1.33 bits per heavy atom. The first-order valence-electron chi connectivity index (χ1n) is 4.43. The van der Waals surface area contributed by atoms with Crippen molar-refractivity contribution < 1.29 is 8.42 Å². The SMILES string of the molecule is CC(C)N1CC2(CCS2(=O)=O)C1. The van der Waals surface area contributed by atoms with Crippen molar-refractivity contribution in [2.24, 2.45) is 0 Å². The Morgan fingerprint density at radius 3 is 2.17 bits per heavy atom. The van der Waals surface area contributed by atoms with Crippen LogP contribution in [0.15, 0.2) is 0 Å². The van der Waals surface area contributed by atoms with Gasteiger partial charge in [0.15, 0.2) is 9.84 Å². The molecule has 0 unspecified atom stereocenters.